The summed E-state index contributed by atoms with van der Waals surface area (Å²) in [5.41, 5.74) is -2.95. The van der Waals surface area contributed by atoms with Gasteiger partial charge in [0.1, 0.15) is 16.5 Å². The molecule has 0 aromatic heterocycles. The molecule has 0 aliphatic carbocycles. The first kappa shape index (κ1) is 29.7. The Balaban J connectivity index is 2.37. The monoisotopic (exact) mass is 514 g/mol. The van der Waals surface area contributed by atoms with Crippen molar-refractivity contribution in [3.05, 3.63) is 29.3 Å². The Bertz CT molecular complexity index is 952. The van der Waals surface area contributed by atoms with Gasteiger partial charge in [-0.2, -0.15) is 4.58 Å². The molecule has 202 valence electrons. The number of carbonyl (C=O) groups excluding carboxylic acids is 2. The molecule has 1 aliphatic heterocycles. The lowest BCUT2D eigenvalue weighted by Gasteiger charge is -2.29. The van der Waals surface area contributed by atoms with Gasteiger partial charge in [-0.05, 0) is 12.1 Å². The van der Waals surface area contributed by atoms with E-state index in [1.165, 1.54) is 12.1 Å². The standard InChI is InChI=1S/C23H35N3O10/c1-15-23(13-33,14-34)17-6-16(20(36)25-22(10-30,11-31)12-32)2-3-18(17)26(15)5-4-19(35)24-21(7-27,8-28)9-29/h2-3,6,27-34H,4-5,7-14H2,1H3,(H-,24,25,35,36)/p+1. The maximum Gasteiger partial charge on any atom is 0.251 e. The molecule has 1 aliphatic rings. The van der Waals surface area contributed by atoms with Crippen molar-refractivity contribution in [3.63, 3.8) is 0 Å². The number of nitrogens with one attached hydrogen (secondary N) is 2. The Hall–Kier alpha value is -2.49. The Labute approximate surface area is 208 Å². The summed E-state index contributed by atoms with van der Waals surface area (Å²) in [4.78, 5) is 25.3. The van der Waals surface area contributed by atoms with E-state index in [9.17, 15) is 50.4 Å². The second kappa shape index (κ2) is 12.2. The van der Waals surface area contributed by atoms with Crippen molar-refractivity contribution < 1.29 is 55.0 Å². The number of amides is 2. The van der Waals surface area contributed by atoms with Crippen molar-refractivity contribution in [1.82, 2.24) is 10.6 Å². The second-order valence-electron chi connectivity index (χ2n) is 9.13. The van der Waals surface area contributed by atoms with Gasteiger partial charge in [0, 0.05) is 24.1 Å². The van der Waals surface area contributed by atoms with Crippen LogP contribution in [0.3, 0.4) is 0 Å². The zero-order valence-corrected chi connectivity index (χ0v) is 20.1. The Morgan fingerprint density at radius 2 is 1.33 bits per heavy atom. The third-order valence-electron chi connectivity index (χ3n) is 6.86. The predicted molar refractivity (Wildman–Crippen MR) is 126 cm³/mol. The molecule has 13 heteroatoms. The van der Waals surface area contributed by atoms with E-state index >= 15 is 0 Å². The van der Waals surface area contributed by atoms with Gasteiger partial charge in [0.05, 0.1) is 59.3 Å². The van der Waals surface area contributed by atoms with Crippen molar-refractivity contribution in [2.45, 2.75) is 29.8 Å². The zero-order valence-electron chi connectivity index (χ0n) is 20.1. The molecule has 36 heavy (non-hydrogen) atoms. The molecule has 1 aromatic rings. The first-order chi connectivity index (χ1) is 17.1. The summed E-state index contributed by atoms with van der Waals surface area (Å²) in [7, 11) is 0. The van der Waals surface area contributed by atoms with Crippen molar-refractivity contribution in [2.24, 2.45) is 0 Å². The summed E-state index contributed by atoms with van der Waals surface area (Å²) >= 11 is 0. The average Bonchev–Trinajstić information content (AvgIpc) is 3.15. The van der Waals surface area contributed by atoms with Crippen LogP contribution in [0.2, 0.25) is 0 Å². The van der Waals surface area contributed by atoms with E-state index in [0.717, 1.165) is 0 Å². The van der Waals surface area contributed by atoms with Crippen LogP contribution in [0.15, 0.2) is 18.2 Å². The highest BCUT2D eigenvalue weighted by Gasteiger charge is 2.50. The molecule has 2 amide bonds. The summed E-state index contributed by atoms with van der Waals surface area (Å²) in [6, 6.07) is 4.47. The topological polar surface area (TPSA) is 223 Å². The first-order valence-corrected chi connectivity index (χ1v) is 11.4. The van der Waals surface area contributed by atoms with Gasteiger partial charge in [-0.1, -0.05) is 0 Å². The van der Waals surface area contributed by atoms with E-state index in [-0.39, 0.29) is 18.5 Å². The largest absolute Gasteiger partial charge is 0.395 e. The highest BCUT2D eigenvalue weighted by molar-refractivity contribution is 5.99. The quantitative estimate of drug-likeness (QED) is 0.108. The number of aliphatic hydroxyl groups excluding tert-OH is 8. The fourth-order valence-electron chi connectivity index (χ4n) is 4.09. The van der Waals surface area contributed by atoms with Crippen LogP contribution in [0.1, 0.15) is 29.3 Å². The fraction of sp³-hybridized carbons (Fsp3) is 0.609. The van der Waals surface area contributed by atoms with E-state index in [1.54, 1.807) is 17.6 Å². The fourth-order valence-corrected chi connectivity index (χ4v) is 4.09. The van der Waals surface area contributed by atoms with Gasteiger partial charge in [0.15, 0.2) is 12.3 Å². The van der Waals surface area contributed by atoms with Crippen LogP contribution in [-0.2, 0) is 10.2 Å². The van der Waals surface area contributed by atoms with E-state index in [0.29, 0.717) is 17.0 Å². The smallest absolute Gasteiger partial charge is 0.251 e. The minimum absolute atomic E-state index is 0.0823. The number of nitrogens with zero attached hydrogens (tertiary/aromatic N) is 1. The number of rotatable bonds is 14. The lowest BCUT2D eigenvalue weighted by molar-refractivity contribution is -0.438. The maximum absolute atomic E-state index is 12.8. The molecule has 0 saturated carbocycles. The molecule has 0 fully saturated rings. The Kier molecular flexibility index (Phi) is 10.0. The van der Waals surface area contributed by atoms with E-state index in [4.69, 9.17) is 0 Å². The summed E-state index contributed by atoms with van der Waals surface area (Å²) in [5, 5.41) is 82.0. The zero-order chi connectivity index (χ0) is 27.1. The van der Waals surface area contributed by atoms with Crippen molar-refractivity contribution in [1.29, 1.82) is 0 Å². The van der Waals surface area contributed by atoms with Crippen molar-refractivity contribution in [2.75, 3.05) is 59.4 Å². The van der Waals surface area contributed by atoms with E-state index < -0.39 is 81.2 Å². The number of aliphatic hydroxyl groups is 8. The van der Waals surface area contributed by atoms with Crippen LogP contribution < -0.4 is 10.6 Å². The molecule has 1 aromatic carbocycles. The molecule has 1 heterocycles. The van der Waals surface area contributed by atoms with Crippen molar-refractivity contribution in [3.8, 4) is 0 Å². The third-order valence-corrected chi connectivity index (χ3v) is 6.86. The first-order valence-electron chi connectivity index (χ1n) is 11.4. The molecule has 10 N–H and O–H groups in total. The molecule has 13 nitrogen and oxygen atoms in total. The predicted octanol–water partition coefficient (Wildman–Crippen LogP) is -4.30. The summed E-state index contributed by atoms with van der Waals surface area (Å²) < 4.78 is 1.70. The van der Waals surface area contributed by atoms with Crippen LogP contribution in [0, 0.1) is 0 Å². The van der Waals surface area contributed by atoms with Gasteiger partial charge in [0.2, 0.25) is 11.6 Å². The minimum atomic E-state index is -1.64. The molecular weight excluding hydrogens is 478 g/mol. The van der Waals surface area contributed by atoms with E-state index in [1.807, 2.05) is 0 Å². The van der Waals surface area contributed by atoms with Gasteiger partial charge in [-0.15, -0.1) is 0 Å². The molecule has 0 unspecified atom stereocenters. The van der Waals surface area contributed by atoms with Gasteiger partial charge in [-0.3, -0.25) is 9.59 Å². The van der Waals surface area contributed by atoms with Crippen LogP contribution in [0.5, 0.6) is 0 Å². The molecule has 0 atom stereocenters. The average molecular weight is 515 g/mol. The van der Waals surface area contributed by atoms with Crippen LogP contribution in [0.4, 0.5) is 5.69 Å². The highest BCUT2D eigenvalue weighted by Crippen LogP contribution is 2.40. The number of carbonyl (C=O) groups is 2. The lowest BCUT2D eigenvalue weighted by Crippen LogP contribution is -2.57. The summed E-state index contributed by atoms with van der Waals surface area (Å²) in [6.07, 6.45) is -0.125. The normalized spacial score (nSPS) is 15.1. The second-order valence-corrected chi connectivity index (χ2v) is 9.13. The van der Waals surface area contributed by atoms with Crippen molar-refractivity contribution >= 4 is 23.2 Å². The number of benzene rings is 1. The van der Waals surface area contributed by atoms with Crippen LogP contribution >= 0.6 is 0 Å². The molecular formula is C23H36N3O10+. The molecule has 2 rings (SSSR count). The third kappa shape index (κ3) is 5.43. The van der Waals surface area contributed by atoms with Gasteiger partial charge < -0.3 is 51.5 Å². The Morgan fingerprint density at radius 1 is 0.833 bits per heavy atom. The number of fused-ring (bicyclic) bond motifs is 1. The van der Waals surface area contributed by atoms with Crippen LogP contribution in [0.25, 0.3) is 0 Å². The molecule has 0 bridgehead atoms. The lowest BCUT2D eigenvalue weighted by atomic mass is 9.79. The SMILES string of the molecule is CC1=[N+](CCC(=O)NC(CO)(CO)CO)c2ccc(C(=O)NC(CO)(CO)CO)cc2C1(CO)CO. The highest BCUT2D eigenvalue weighted by atomic mass is 16.3. The number of hydrogen-bond donors (Lipinski definition) is 10. The summed E-state index contributed by atoms with van der Waals surface area (Å²) in [5.74, 6) is -1.26. The molecule has 0 saturated heterocycles. The van der Waals surface area contributed by atoms with Gasteiger partial charge in [-0.25, -0.2) is 0 Å². The minimum Gasteiger partial charge on any atom is -0.395 e. The maximum atomic E-state index is 12.8. The van der Waals surface area contributed by atoms with Gasteiger partial charge in [0.25, 0.3) is 5.91 Å². The summed E-state index contributed by atoms with van der Waals surface area (Å²) in [6.45, 7) is -3.40. The van der Waals surface area contributed by atoms with E-state index in [2.05, 4.69) is 10.6 Å². The Morgan fingerprint density at radius 3 is 1.81 bits per heavy atom. The number of hydrogen-bond acceptors (Lipinski definition) is 10. The molecule has 0 spiro atoms. The molecule has 0 radical (unpaired) electrons. The van der Waals surface area contributed by atoms with Crippen LogP contribution in [-0.4, -0.2) is 133 Å². The van der Waals surface area contributed by atoms with Gasteiger partial charge >= 0.3 is 0 Å².